The van der Waals surface area contributed by atoms with Gasteiger partial charge in [0.25, 0.3) is 11.8 Å². The largest absolute Gasteiger partial charge is 0.354 e. The normalized spacial score (nSPS) is 13.2. The summed E-state index contributed by atoms with van der Waals surface area (Å²) < 4.78 is 14.2. The average molecular weight is 404 g/mol. The molecular formula is C23H21FN4O2. The van der Waals surface area contributed by atoms with E-state index in [2.05, 4.69) is 21.4 Å². The fourth-order valence-electron chi connectivity index (χ4n) is 3.79. The fraction of sp³-hybridized carbons (Fsp3) is 0.217. The van der Waals surface area contributed by atoms with Crippen molar-refractivity contribution in [2.75, 3.05) is 18.5 Å². The highest BCUT2D eigenvalue weighted by atomic mass is 19.1. The standard InChI is InChI=1S/C23H21FN4O2/c1-14-10-16(11-15-5-6-20(27-13-15)22(29)25-2)12-18-17(14)7-9-28(23(18)30)21-19(24)4-3-8-26-21/h3-6,8,10,12-13H,7,9,11H2,1-2H3,(H,25,29). The summed E-state index contributed by atoms with van der Waals surface area (Å²) in [6, 6.07) is 10.3. The van der Waals surface area contributed by atoms with Gasteiger partial charge in [0, 0.05) is 31.5 Å². The number of rotatable bonds is 4. The van der Waals surface area contributed by atoms with Crippen LogP contribution in [0.5, 0.6) is 0 Å². The maximum Gasteiger partial charge on any atom is 0.269 e. The number of carbonyl (C=O) groups is 2. The van der Waals surface area contributed by atoms with Crippen LogP contribution in [0.2, 0.25) is 0 Å². The molecule has 1 N–H and O–H groups in total. The number of anilines is 1. The van der Waals surface area contributed by atoms with E-state index in [1.165, 1.54) is 23.2 Å². The van der Waals surface area contributed by atoms with E-state index in [9.17, 15) is 14.0 Å². The van der Waals surface area contributed by atoms with Crippen molar-refractivity contribution in [1.82, 2.24) is 15.3 Å². The minimum Gasteiger partial charge on any atom is -0.354 e. The van der Waals surface area contributed by atoms with Crippen molar-refractivity contribution in [2.24, 2.45) is 0 Å². The number of nitrogens with one attached hydrogen (secondary N) is 1. The van der Waals surface area contributed by atoms with Gasteiger partial charge in [-0.15, -0.1) is 0 Å². The lowest BCUT2D eigenvalue weighted by Crippen LogP contribution is -2.39. The maximum atomic E-state index is 14.2. The third-order valence-electron chi connectivity index (χ3n) is 5.28. The molecule has 0 bridgehead atoms. The second kappa shape index (κ2) is 8.02. The molecule has 0 unspecified atom stereocenters. The number of aryl methyl sites for hydroxylation is 1. The Morgan fingerprint density at radius 1 is 1.20 bits per heavy atom. The molecule has 2 aromatic heterocycles. The van der Waals surface area contributed by atoms with E-state index in [1.54, 1.807) is 19.3 Å². The molecule has 3 aromatic rings. The summed E-state index contributed by atoms with van der Waals surface area (Å²) in [5.41, 5.74) is 4.84. The van der Waals surface area contributed by atoms with E-state index in [0.29, 0.717) is 30.6 Å². The lowest BCUT2D eigenvalue weighted by Gasteiger charge is -2.29. The monoisotopic (exact) mass is 404 g/mol. The first-order chi connectivity index (χ1) is 14.5. The second-order valence-corrected chi connectivity index (χ2v) is 7.26. The average Bonchev–Trinajstić information content (AvgIpc) is 2.75. The molecule has 1 aromatic carbocycles. The quantitative estimate of drug-likeness (QED) is 0.725. The van der Waals surface area contributed by atoms with Crippen molar-refractivity contribution in [3.63, 3.8) is 0 Å². The third kappa shape index (κ3) is 3.66. The molecule has 30 heavy (non-hydrogen) atoms. The van der Waals surface area contributed by atoms with Gasteiger partial charge in [-0.3, -0.25) is 19.5 Å². The summed E-state index contributed by atoms with van der Waals surface area (Å²) in [5, 5.41) is 2.54. The highest BCUT2D eigenvalue weighted by Crippen LogP contribution is 2.28. The fourth-order valence-corrected chi connectivity index (χ4v) is 3.79. The molecular weight excluding hydrogens is 383 g/mol. The first kappa shape index (κ1) is 19.7. The Bertz CT molecular complexity index is 1130. The van der Waals surface area contributed by atoms with Gasteiger partial charge < -0.3 is 5.32 Å². The summed E-state index contributed by atoms with van der Waals surface area (Å²) >= 11 is 0. The van der Waals surface area contributed by atoms with Gasteiger partial charge >= 0.3 is 0 Å². The highest BCUT2D eigenvalue weighted by Gasteiger charge is 2.29. The van der Waals surface area contributed by atoms with Crippen molar-refractivity contribution < 1.29 is 14.0 Å². The van der Waals surface area contributed by atoms with Gasteiger partial charge in [0.1, 0.15) is 5.69 Å². The van der Waals surface area contributed by atoms with Crippen molar-refractivity contribution in [2.45, 2.75) is 19.8 Å². The van der Waals surface area contributed by atoms with Crippen LogP contribution in [0.1, 0.15) is 43.1 Å². The number of hydrogen-bond acceptors (Lipinski definition) is 4. The number of hydrogen-bond donors (Lipinski definition) is 1. The molecule has 0 radical (unpaired) electrons. The molecule has 7 heteroatoms. The summed E-state index contributed by atoms with van der Waals surface area (Å²) in [7, 11) is 1.56. The molecule has 0 aliphatic carbocycles. The molecule has 1 aliphatic heterocycles. The lowest BCUT2D eigenvalue weighted by molar-refractivity contribution is 0.0955. The van der Waals surface area contributed by atoms with Crippen LogP contribution in [0.25, 0.3) is 0 Å². The van der Waals surface area contributed by atoms with Gasteiger partial charge in [-0.1, -0.05) is 12.1 Å². The van der Waals surface area contributed by atoms with Gasteiger partial charge in [-0.25, -0.2) is 9.37 Å². The molecule has 0 spiro atoms. The Labute approximate surface area is 173 Å². The maximum absolute atomic E-state index is 14.2. The molecule has 4 rings (SSSR count). The zero-order valence-electron chi connectivity index (χ0n) is 16.8. The zero-order valence-corrected chi connectivity index (χ0v) is 16.8. The first-order valence-electron chi connectivity index (χ1n) is 9.69. The van der Waals surface area contributed by atoms with Crippen LogP contribution in [0, 0.1) is 12.7 Å². The lowest BCUT2D eigenvalue weighted by atomic mass is 9.90. The molecule has 0 saturated heterocycles. The van der Waals surface area contributed by atoms with Crippen LogP contribution in [0.15, 0.2) is 48.8 Å². The summed E-state index contributed by atoms with van der Waals surface area (Å²) in [4.78, 5) is 34.4. The number of fused-ring (bicyclic) bond motifs is 1. The zero-order chi connectivity index (χ0) is 21.3. The van der Waals surface area contributed by atoms with E-state index in [4.69, 9.17) is 0 Å². The van der Waals surface area contributed by atoms with Crippen LogP contribution >= 0.6 is 0 Å². The predicted molar refractivity (Wildman–Crippen MR) is 111 cm³/mol. The number of carbonyl (C=O) groups excluding carboxylic acids is 2. The topological polar surface area (TPSA) is 75.2 Å². The van der Waals surface area contributed by atoms with Crippen molar-refractivity contribution in [3.8, 4) is 0 Å². The van der Waals surface area contributed by atoms with Crippen molar-refractivity contribution in [3.05, 3.63) is 88.1 Å². The Balaban J connectivity index is 1.63. The molecule has 0 fully saturated rings. The van der Waals surface area contributed by atoms with Gasteiger partial charge in [0.2, 0.25) is 0 Å². The van der Waals surface area contributed by atoms with Crippen LogP contribution in [-0.4, -0.2) is 35.4 Å². The van der Waals surface area contributed by atoms with Crippen LogP contribution in [0.3, 0.4) is 0 Å². The minimum atomic E-state index is -0.510. The van der Waals surface area contributed by atoms with Crippen LogP contribution < -0.4 is 10.2 Å². The number of nitrogens with zero attached hydrogens (tertiary/aromatic N) is 3. The molecule has 0 atom stereocenters. The Morgan fingerprint density at radius 3 is 2.73 bits per heavy atom. The van der Waals surface area contributed by atoms with E-state index in [0.717, 1.165) is 22.3 Å². The molecule has 1 aliphatic rings. The second-order valence-electron chi connectivity index (χ2n) is 7.26. The molecule has 0 saturated carbocycles. The molecule has 3 heterocycles. The third-order valence-corrected chi connectivity index (χ3v) is 5.28. The summed E-state index contributed by atoms with van der Waals surface area (Å²) in [5.74, 6) is -0.930. The van der Waals surface area contributed by atoms with Crippen molar-refractivity contribution in [1.29, 1.82) is 0 Å². The van der Waals surface area contributed by atoms with Gasteiger partial charge in [-0.2, -0.15) is 0 Å². The molecule has 6 nitrogen and oxygen atoms in total. The predicted octanol–water partition coefficient (Wildman–Crippen LogP) is 3.08. The van der Waals surface area contributed by atoms with E-state index in [1.807, 2.05) is 19.1 Å². The minimum absolute atomic E-state index is 0.0604. The van der Waals surface area contributed by atoms with Crippen molar-refractivity contribution >= 4 is 17.6 Å². The van der Waals surface area contributed by atoms with Crippen LogP contribution in [-0.2, 0) is 12.8 Å². The molecule has 152 valence electrons. The first-order valence-corrected chi connectivity index (χ1v) is 9.69. The Morgan fingerprint density at radius 2 is 2.03 bits per heavy atom. The summed E-state index contributed by atoms with van der Waals surface area (Å²) in [6.45, 7) is 2.38. The summed E-state index contributed by atoms with van der Waals surface area (Å²) in [6.07, 6.45) is 4.36. The van der Waals surface area contributed by atoms with E-state index < -0.39 is 5.82 Å². The van der Waals surface area contributed by atoms with E-state index >= 15 is 0 Å². The number of halogens is 1. The SMILES string of the molecule is CNC(=O)c1ccc(Cc2cc(C)c3c(c2)C(=O)N(c2ncccc2F)CC3)cn1. The van der Waals surface area contributed by atoms with Crippen LogP contribution in [0.4, 0.5) is 10.2 Å². The number of aromatic nitrogens is 2. The van der Waals surface area contributed by atoms with Gasteiger partial charge in [-0.05, 0) is 66.3 Å². The Hall–Kier alpha value is -3.61. The number of amides is 2. The number of pyridine rings is 2. The molecule has 2 amide bonds. The number of benzene rings is 1. The van der Waals surface area contributed by atoms with Gasteiger partial charge in [0.05, 0.1) is 0 Å². The smallest absolute Gasteiger partial charge is 0.269 e. The van der Waals surface area contributed by atoms with E-state index in [-0.39, 0.29) is 17.6 Å². The highest BCUT2D eigenvalue weighted by molar-refractivity contribution is 6.08. The Kier molecular flexibility index (Phi) is 5.27. The van der Waals surface area contributed by atoms with Gasteiger partial charge in [0.15, 0.2) is 11.6 Å².